The number of hydrogen-bond donors (Lipinski definition) is 1. The Bertz CT molecular complexity index is 877. The molecule has 2 aromatic carbocycles. The molecule has 2 rings (SSSR count). The second-order valence-corrected chi connectivity index (χ2v) is 7.95. The Morgan fingerprint density at radius 2 is 1.73 bits per heavy atom. The van der Waals surface area contributed by atoms with Crippen LogP contribution >= 0.6 is 0 Å². The fourth-order valence-electron chi connectivity index (χ4n) is 2.41. The Kier molecular flexibility index (Phi) is 6.26. The zero-order valence-electron chi connectivity index (χ0n) is 15.4. The number of anilines is 2. The minimum absolute atomic E-state index is 0.297. The van der Waals surface area contributed by atoms with Crippen molar-refractivity contribution in [3.05, 3.63) is 53.6 Å². The Labute approximate surface area is 154 Å². The van der Waals surface area contributed by atoms with Gasteiger partial charge in [0, 0.05) is 5.69 Å². The number of hydrogen-bond acceptors (Lipinski definition) is 4. The van der Waals surface area contributed by atoms with Crippen molar-refractivity contribution in [3.8, 4) is 5.75 Å². The molecule has 0 atom stereocenters. The first-order valence-electron chi connectivity index (χ1n) is 8.28. The highest BCUT2D eigenvalue weighted by Gasteiger charge is 2.21. The molecule has 0 spiro atoms. The van der Waals surface area contributed by atoms with Crippen molar-refractivity contribution in [1.82, 2.24) is 0 Å². The van der Waals surface area contributed by atoms with E-state index in [4.69, 9.17) is 4.74 Å². The van der Waals surface area contributed by atoms with Gasteiger partial charge in [-0.2, -0.15) is 0 Å². The molecule has 0 bridgehead atoms. The number of rotatable bonds is 7. The Hall–Kier alpha value is -2.54. The van der Waals surface area contributed by atoms with E-state index in [1.54, 1.807) is 36.4 Å². The predicted octanol–water partition coefficient (Wildman–Crippen LogP) is 3.11. The van der Waals surface area contributed by atoms with Gasteiger partial charge < -0.3 is 10.1 Å². The number of nitrogens with one attached hydrogen (secondary N) is 1. The molecule has 6 nitrogen and oxygen atoms in total. The van der Waals surface area contributed by atoms with Crippen molar-refractivity contribution in [3.63, 3.8) is 0 Å². The number of ether oxygens (including phenoxy) is 1. The van der Waals surface area contributed by atoms with Crippen molar-refractivity contribution in [2.45, 2.75) is 20.8 Å². The molecule has 0 saturated heterocycles. The first-order chi connectivity index (χ1) is 12.2. The monoisotopic (exact) mass is 376 g/mol. The van der Waals surface area contributed by atoms with Gasteiger partial charge in [-0.1, -0.05) is 6.07 Å². The van der Waals surface area contributed by atoms with Crippen molar-refractivity contribution in [1.29, 1.82) is 0 Å². The number of carbonyl (C=O) groups excluding carboxylic acids is 1. The van der Waals surface area contributed by atoms with E-state index in [2.05, 4.69) is 5.32 Å². The van der Waals surface area contributed by atoms with Gasteiger partial charge in [0.25, 0.3) is 0 Å². The molecule has 0 saturated carbocycles. The van der Waals surface area contributed by atoms with Gasteiger partial charge >= 0.3 is 0 Å². The zero-order valence-corrected chi connectivity index (χ0v) is 16.3. The lowest BCUT2D eigenvalue weighted by Gasteiger charge is -2.22. The first-order valence-corrected chi connectivity index (χ1v) is 10.1. The Balaban J connectivity index is 2.15. The van der Waals surface area contributed by atoms with Crippen LogP contribution in [-0.2, 0) is 14.8 Å². The zero-order chi connectivity index (χ0) is 19.3. The highest BCUT2D eigenvalue weighted by atomic mass is 32.2. The largest absolute Gasteiger partial charge is 0.494 e. The number of nitrogens with zero attached hydrogens (tertiary/aromatic N) is 1. The van der Waals surface area contributed by atoms with Gasteiger partial charge in [-0.3, -0.25) is 9.10 Å². The fraction of sp³-hybridized carbons (Fsp3) is 0.316. The van der Waals surface area contributed by atoms with Gasteiger partial charge in [-0.25, -0.2) is 8.42 Å². The molecule has 0 aliphatic heterocycles. The average Bonchev–Trinajstić information content (AvgIpc) is 2.56. The molecular weight excluding hydrogens is 352 g/mol. The quantitative estimate of drug-likeness (QED) is 0.806. The van der Waals surface area contributed by atoms with E-state index < -0.39 is 15.9 Å². The third kappa shape index (κ3) is 5.23. The summed E-state index contributed by atoms with van der Waals surface area (Å²) in [7, 11) is -3.60. The van der Waals surface area contributed by atoms with Crippen molar-refractivity contribution in [2.24, 2.45) is 0 Å². The Morgan fingerprint density at radius 1 is 1.08 bits per heavy atom. The summed E-state index contributed by atoms with van der Waals surface area (Å²) in [6.45, 7) is 6.00. The van der Waals surface area contributed by atoms with E-state index in [-0.39, 0.29) is 6.54 Å². The molecule has 0 aliphatic carbocycles. The molecule has 26 heavy (non-hydrogen) atoms. The van der Waals surface area contributed by atoms with Gasteiger partial charge in [0.1, 0.15) is 12.3 Å². The molecule has 0 aliphatic rings. The van der Waals surface area contributed by atoms with Crippen molar-refractivity contribution >= 4 is 27.3 Å². The van der Waals surface area contributed by atoms with Crippen LogP contribution in [0.5, 0.6) is 5.75 Å². The van der Waals surface area contributed by atoms with E-state index >= 15 is 0 Å². The number of aryl methyl sites for hydroxylation is 2. The molecule has 2 aromatic rings. The van der Waals surface area contributed by atoms with Crippen LogP contribution in [0.15, 0.2) is 42.5 Å². The number of sulfonamides is 1. The molecule has 0 radical (unpaired) electrons. The van der Waals surface area contributed by atoms with Gasteiger partial charge in [0.05, 0.1) is 18.6 Å². The van der Waals surface area contributed by atoms with Crippen LogP contribution in [0.1, 0.15) is 18.1 Å². The summed E-state index contributed by atoms with van der Waals surface area (Å²) in [4.78, 5) is 12.4. The summed E-state index contributed by atoms with van der Waals surface area (Å²) in [6.07, 6.45) is 1.09. The van der Waals surface area contributed by atoms with Gasteiger partial charge in [0.15, 0.2) is 0 Å². The SMILES string of the molecule is CCOc1ccc(NC(=O)CN(c2ccc(C)c(C)c2)S(C)(=O)=O)cc1. The van der Waals surface area contributed by atoms with Crippen LogP contribution in [0.3, 0.4) is 0 Å². The summed E-state index contributed by atoms with van der Waals surface area (Å²) in [5.41, 5.74) is 3.06. The molecule has 1 amide bonds. The molecule has 0 heterocycles. The van der Waals surface area contributed by atoms with Crippen LogP contribution in [0.2, 0.25) is 0 Å². The molecule has 140 valence electrons. The Morgan fingerprint density at radius 3 is 2.27 bits per heavy atom. The van der Waals surface area contributed by atoms with Crippen LogP contribution in [-0.4, -0.2) is 33.7 Å². The van der Waals surface area contributed by atoms with Crippen LogP contribution in [0.25, 0.3) is 0 Å². The van der Waals surface area contributed by atoms with Crippen LogP contribution in [0.4, 0.5) is 11.4 Å². The lowest BCUT2D eigenvalue weighted by atomic mass is 10.1. The highest BCUT2D eigenvalue weighted by molar-refractivity contribution is 7.92. The van der Waals surface area contributed by atoms with E-state index in [1.165, 1.54) is 0 Å². The molecule has 1 N–H and O–H groups in total. The smallest absolute Gasteiger partial charge is 0.245 e. The third-order valence-corrected chi connectivity index (χ3v) is 5.06. The fourth-order valence-corrected chi connectivity index (χ4v) is 3.26. The minimum atomic E-state index is -3.60. The van der Waals surface area contributed by atoms with E-state index in [0.717, 1.165) is 21.7 Å². The van der Waals surface area contributed by atoms with Crippen LogP contribution in [0, 0.1) is 13.8 Å². The second-order valence-electron chi connectivity index (χ2n) is 6.04. The molecule has 7 heteroatoms. The van der Waals surface area contributed by atoms with Gasteiger partial charge in [-0.05, 0) is 68.3 Å². The van der Waals surface area contributed by atoms with Gasteiger partial charge in [0.2, 0.25) is 15.9 Å². The number of benzene rings is 2. The molecular formula is C19H24N2O4S. The number of carbonyl (C=O) groups is 1. The summed E-state index contributed by atoms with van der Waals surface area (Å²) in [6, 6.07) is 12.2. The lowest BCUT2D eigenvalue weighted by Crippen LogP contribution is -2.37. The maximum Gasteiger partial charge on any atom is 0.245 e. The van der Waals surface area contributed by atoms with Gasteiger partial charge in [-0.15, -0.1) is 0 Å². The third-order valence-electron chi connectivity index (χ3n) is 3.92. The maximum absolute atomic E-state index is 12.4. The summed E-state index contributed by atoms with van der Waals surface area (Å²) in [5.74, 6) is 0.288. The average molecular weight is 376 g/mol. The summed E-state index contributed by atoms with van der Waals surface area (Å²) in [5, 5.41) is 2.71. The minimum Gasteiger partial charge on any atom is -0.494 e. The second kappa shape index (κ2) is 8.23. The molecule has 0 unspecified atom stereocenters. The summed E-state index contributed by atoms with van der Waals surface area (Å²) < 4.78 is 30.8. The highest BCUT2D eigenvalue weighted by Crippen LogP contribution is 2.21. The summed E-state index contributed by atoms with van der Waals surface area (Å²) >= 11 is 0. The molecule has 0 aromatic heterocycles. The van der Waals surface area contributed by atoms with E-state index in [1.807, 2.05) is 26.8 Å². The van der Waals surface area contributed by atoms with E-state index in [0.29, 0.717) is 23.7 Å². The van der Waals surface area contributed by atoms with Crippen molar-refractivity contribution < 1.29 is 17.9 Å². The standard InChI is InChI=1S/C19H24N2O4S/c1-5-25-18-10-7-16(8-11-18)20-19(22)13-21(26(4,23)24)17-9-6-14(2)15(3)12-17/h6-12H,5,13H2,1-4H3,(H,20,22). The number of amides is 1. The first kappa shape index (κ1) is 19.8. The topological polar surface area (TPSA) is 75.7 Å². The van der Waals surface area contributed by atoms with Crippen molar-refractivity contribution in [2.75, 3.05) is 29.0 Å². The molecule has 0 fully saturated rings. The lowest BCUT2D eigenvalue weighted by molar-refractivity contribution is -0.114. The maximum atomic E-state index is 12.4. The predicted molar refractivity (Wildman–Crippen MR) is 104 cm³/mol. The van der Waals surface area contributed by atoms with Crippen LogP contribution < -0.4 is 14.4 Å². The van der Waals surface area contributed by atoms with E-state index in [9.17, 15) is 13.2 Å². The normalized spacial score (nSPS) is 11.1.